The Balaban J connectivity index is 0.000000161. The van der Waals surface area contributed by atoms with Gasteiger partial charge in [0.1, 0.15) is 22.3 Å². The van der Waals surface area contributed by atoms with Crippen molar-refractivity contribution in [1.29, 1.82) is 0 Å². The number of rotatable bonds is 16. The Kier molecular flexibility index (Phi) is 22.5. The van der Waals surface area contributed by atoms with Crippen molar-refractivity contribution in [2.75, 3.05) is 19.6 Å². The van der Waals surface area contributed by atoms with Crippen molar-refractivity contribution < 1.29 is 17.7 Å². The monoisotopic (exact) mass is 1910 g/mol. The molecular weight excluding hydrogens is 1780 g/mol. The Bertz CT molecular complexity index is 8810. The van der Waals surface area contributed by atoms with Gasteiger partial charge >= 0.3 is 0 Å². The van der Waals surface area contributed by atoms with E-state index in [1.54, 1.807) is 0 Å². The van der Waals surface area contributed by atoms with Gasteiger partial charge in [-0.15, -0.1) is 0 Å². The van der Waals surface area contributed by atoms with Crippen LogP contribution < -0.4 is 19.6 Å². The molecule has 0 saturated carbocycles. The number of nitrogens with zero attached hydrogens (tertiary/aromatic N) is 4. The van der Waals surface area contributed by atoms with Crippen LogP contribution in [0.2, 0.25) is 0 Å². The van der Waals surface area contributed by atoms with Gasteiger partial charge in [0.15, 0.2) is 22.3 Å². The third kappa shape index (κ3) is 15.5. The lowest BCUT2D eigenvalue weighted by Crippen LogP contribution is -2.13. The fourth-order valence-electron chi connectivity index (χ4n) is 23.9. The fraction of sp³-hybridized carbons (Fsp3) is 0.246. The number of para-hydroxylation sites is 6. The molecule has 4 aromatic heterocycles. The molecule has 0 radical (unpaired) electrons. The molecule has 728 valence electrons. The van der Waals surface area contributed by atoms with Crippen LogP contribution in [0.25, 0.3) is 152 Å². The van der Waals surface area contributed by atoms with E-state index in [0.717, 1.165) is 156 Å². The maximum absolute atomic E-state index is 7.25. The molecule has 0 N–H and O–H groups in total. The fourth-order valence-corrected chi connectivity index (χ4v) is 23.9. The molecule has 24 rings (SSSR count). The SMILES string of the molecule is Cc1cc(C(C)(C)C)c2oc3c(N(c4ccccc4)c4cc(C(C)C)c5ccc6c(N(c7ccccc7)c7cccc8c7oc7c(C(C)(C)C)cc(C)cc78)cc(C(C)C)c7ccc4c5c76)cccc3c2c1.Cc1ccc(N(c2cc(C(C)C)c3ccc4c(N(c5ccc(C)cc5)c5cccc6c5oc5c(C(C)(C)C)cc(C)cc56)cc(C(C)C)c5ccc2c3c54)c2cccc3c2oc2c(C(C)(C)C)cc(C)cc23)cc1. The molecule has 20 aromatic carbocycles. The van der Waals surface area contributed by atoms with E-state index in [0.29, 0.717) is 0 Å². The molecule has 4 heterocycles. The van der Waals surface area contributed by atoms with Gasteiger partial charge in [-0.05, 0) is 296 Å². The number of hydrogen-bond donors (Lipinski definition) is 0. The van der Waals surface area contributed by atoms with E-state index in [-0.39, 0.29) is 45.3 Å². The van der Waals surface area contributed by atoms with Crippen LogP contribution in [-0.4, -0.2) is 0 Å². The van der Waals surface area contributed by atoms with Crippen LogP contribution in [0.15, 0.2) is 321 Å². The van der Waals surface area contributed by atoms with Crippen LogP contribution in [0, 0.1) is 41.5 Å². The largest absolute Gasteiger partial charge is 0.454 e. The highest BCUT2D eigenvalue weighted by Gasteiger charge is 2.36. The minimum atomic E-state index is -0.108. The zero-order valence-corrected chi connectivity index (χ0v) is 89.6. The van der Waals surface area contributed by atoms with E-state index in [9.17, 15) is 0 Å². The number of fused-ring (bicyclic) bond motifs is 12. The molecule has 0 aliphatic heterocycles. The van der Waals surface area contributed by atoms with E-state index < -0.39 is 0 Å². The van der Waals surface area contributed by atoms with Gasteiger partial charge in [0.2, 0.25) is 0 Å². The highest BCUT2D eigenvalue weighted by Crippen LogP contribution is 2.59. The maximum atomic E-state index is 7.25. The lowest BCUT2D eigenvalue weighted by Gasteiger charge is -2.31. The Morgan fingerprint density at radius 1 is 0.171 bits per heavy atom. The third-order valence-electron chi connectivity index (χ3n) is 31.0. The van der Waals surface area contributed by atoms with E-state index in [1.165, 1.54) is 143 Å². The van der Waals surface area contributed by atoms with Crippen molar-refractivity contribution in [3.05, 3.63) is 381 Å². The standard InChI is InChI=1S/C70H68N2O2.C68H64N2O2/c1-39(2)53-37-61(71(45-25-21-41(5)22-26-45)59-19-15-17-49-55-33-43(7)35-57(69(9,10)11)65(55)73-67(49)59)51-32-30-48-54(40(3)4)38-62(52-31-29-47(53)63(51)64(48)52)72(46-27-23-42(6)24-28-46)60-20-16-18-50-56-34-44(8)36-58(70(12,13)14)66(56)74-68(50)60;1-39(2)51-37-59(69(43-21-15-13-16-22-43)57-27-19-25-47-53-33-41(5)35-55(67(7,8)9)63(53)71-65(47)57)49-32-30-46-52(40(3)4)38-60(50-31-29-45(51)61(49)62(46)50)70(44-23-17-14-18-24-44)58-28-20-26-48-54-34-42(6)36-56(68(10,11)12)64(54)72-66(48)58/h15-40H,1-14H3;13-40H,1-12H3. The third-order valence-corrected chi connectivity index (χ3v) is 31.0. The number of hydrogen-bond acceptors (Lipinski definition) is 8. The molecule has 0 aliphatic carbocycles. The summed E-state index contributed by atoms with van der Waals surface area (Å²) < 4.78 is 28.9. The summed E-state index contributed by atoms with van der Waals surface area (Å²) >= 11 is 0. The predicted molar refractivity (Wildman–Crippen MR) is 628 cm³/mol. The summed E-state index contributed by atoms with van der Waals surface area (Å²) in [6.45, 7) is 59.2. The van der Waals surface area contributed by atoms with Crippen LogP contribution in [0.4, 0.5) is 68.2 Å². The Morgan fingerprint density at radius 2 is 0.377 bits per heavy atom. The van der Waals surface area contributed by atoms with Crippen molar-refractivity contribution in [3.8, 4) is 0 Å². The number of aryl methyl sites for hydroxylation is 6. The van der Waals surface area contributed by atoms with Crippen molar-refractivity contribution >= 4 is 221 Å². The first-order valence-electron chi connectivity index (χ1n) is 52.6. The summed E-state index contributed by atoms with van der Waals surface area (Å²) in [7, 11) is 0. The Hall–Kier alpha value is -15.1. The molecule has 8 heteroatoms. The van der Waals surface area contributed by atoms with Crippen molar-refractivity contribution in [1.82, 2.24) is 0 Å². The molecular formula is C138H132N4O4. The summed E-state index contributed by atoms with van der Waals surface area (Å²) in [6.07, 6.45) is 0. The molecule has 0 amide bonds. The summed E-state index contributed by atoms with van der Waals surface area (Å²) in [4.78, 5) is 9.87. The molecule has 0 saturated heterocycles. The van der Waals surface area contributed by atoms with Crippen LogP contribution in [-0.2, 0) is 21.7 Å². The topological polar surface area (TPSA) is 65.5 Å². The second-order valence-corrected chi connectivity index (χ2v) is 47.2. The zero-order chi connectivity index (χ0) is 102. The zero-order valence-electron chi connectivity index (χ0n) is 89.6. The van der Waals surface area contributed by atoms with Gasteiger partial charge in [0.25, 0.3) is 0 Å². The van der Waals surface area contributed by atoms with Gasteiger partial charge in [-0.1, -0.05) is 332 Å². The Morgan fingerprint density at radius 3 is 0.582 bits per heavy atom. The number of benzene rings is 20. The smallest absolute Gasteiger partial charge is 0.159 e. The van der Waals surface area contributed by atoms with Gasteiger partial charge in [-0.3, -0.25) is 0 Å². The molecule has 8 nitrogen and oxygen atoms in total. The van der Waals surface area contributed by atoms with E-state index in [2.05, 4.69) is 503 Å². The van der Waals surface area contributed by atoms with Gasteiger partial charge < -0.3 is 37.3 Å². The van der Waals surface area contributed by atoms with E-state index >= 15 is 0 Å². The summed E-state index contributed by atoms with van der Waals surface area (Å²) in [5.74, 6) is 0.945. The van der Waals surface area contributed by atoms with Crippen molar-refractivity contribution in [2.24, 2.45) is 0 Å². The highest BCUT2D eigenvalue weighted by atomic mass is 16.3. The molecule has 0 aliphatic rings. The first kappa shape index (κ1) is 94.5. The molecule has 146 heavy (non-hydrogen) atoms. The highest BCUT2D eigenvalue weighted by molar-refractivity contribution is 6.33. The summed E-state index contributed by atoms with van der Waals surface area (Å²) in [5, 5.41) is 24.1. The minimum absolute atomic E-state index is 0.104. The number of anilines is 12. The average molecular weight is 1910 g/mol. The lowest BCUT2D eigenvalue weighted by molar-refractivity contribution is 0.572. The van der Waals surface area contributed by atoms with Gasteiger partial charge in [0, 0.05) is 110 Å². The van der Waals surface area contributed by atoms with Crippen LogP contribution in [0.3, 0.4) is 0 Å². The van der Waals surface area contributed by atoms with Crippen molar-refractivity contribution in [2.45, 2.75) is 225 Å². The van der Waals surface area contributed by atoms with Gasteiger partial charge in [-0.25, -0.2) is 0 Å². The van der Waals surface area contributed by atoms with Gasteiger partial charge in [0.05, 0.1) is 45.5 Å². The average Bonchev–Trinajstić information content (AvgIpc) is 0.923. The maximum Gasteiger partial charge on any atom is 0.159 e. The predicted octanol–water partition coefficient (Wildman–Crippen LogP) is 42.2. The van der Waals surface area contributed by atoms with Crippen LogP contribution in [0.1, 0.15) is 240 Å². The summed E-state index contributed by atoms with van der Waals surface area (Å²) in [6, 6.07) is 114. The van der Waals surface area contributed by atoms with E-state index in [4.69, 9.17) is 17.7 Å². The molecule has 0 unspecified atom stereocenters. The van der Waals surface area contributed by atoms with E-state index in [1.807, 2.05) is 0 Å². The lowest BCUT2D eigenvalue weighted by atomic mass is 9.84. The second-order valence-electron chi connectivity index (χ2n) is 47.2. The molecule has 0 fully saturated rings. The molecule has 24 aromatic rings. The molecule has 0 bridgehead atoms. The van der Waals surface area contributed by atoms with Crippen molar-refractivity contribution in [3.63, 3.8) is 0 Å². The molecule has 0 atom stereocenters. The quantitative estimate of drug-likeness (QED) is 0.0887. The van der Waals surface area contributed by atoms with Gasteiger partial charge in [-0.2, -0.15) is 0 Å². The van der Waals surface area contributed by atoms with Crippen LogP contribution >= 0.6 is 0 Å². The molecule has 0 spiro atoms. The minimum Gasteiger partial charge on any atom is -0.454 e. The second kappa shape index (κ2) is 34.8. The van der Waals surface area contributed by atoms with Crippen LogP contribution in [0.5, 0.6) is 0 Å². The Labute approximate surface area is 858 Å². The first-order valence-corrected chi connectivity index (χ1v) is 52.6. The summed E-state index contributed by atoms with van der Waals surface area (Å²) in [5.41, 5.74) is 37.3. The normalized spacial score (nSPS) is 12.7. The first-order chi connectivity index (χ1) is 69.7. The number of furan rings is 4.